The van der Waals surface area contributed by atoms with Crippen molar-refractivity contribution >= 4 is 5.69 Å². The van der Waals surface area contributed by atoms with Crippen LogP contribution >= 0.6 is 0 Å². The van der Waals surface area contributed by atoms with Gasteiger partial charge in [0.15, 0.2) is 0 Å². The van der Waals surface area contributed by atoms with Gasteiger partial charge in [0.1, 0.15) is 17.4 Å². The number of para-hydroxylation sites is 2. The van der Waals surface area contributed by atoms with Gasteiger partial charge in [0.2, 0.25) is 0 Å². The highest BCUT2D eigenvalue weighted by Crippen LogP contribution is 2.39. The van der Waals surface area contributed by atoms with E-state index in [0.29, 0.717) is 11.7 Å². The minimum Gasteiger partial charge on any atom is -0.508 e. The molecule has 0 radical (unpaired) electrons. The zero-order chi connectivity index (χ0) is 25.9. The van der Waals surface area contributed by atoms with Gasteiger partial charge in [-0.3, -0.25) is 4.90 Å². The summed E-state index contributed by atoms with van der Waals surface area (Å²) in [5, 5.41) is 15.6. The van der Waals surface area contributed by atoms with Gasteiger partial charge in [0.05, 0.1) is 24.9 Å². The minimum absolute atomic E-state index is 0.00961. The van der Waals surface area contributed by atoms with Crippen LogP contribution in [-0.2, 0) is 4.74 Å². The number of aromatic hydroxyl groups is 1. The quantitative estimate of drug-likeness (QED) is 0.391. The summed E-state index contributed by atoms with van der Waals surface area (Å²) in [6.45, 7) is 7.17. The van der Waals surface area contributed by atoms with Crippen LogP contribution in [0.1, 0.15) is 47.6 Å². The molecule has 0 aliphatic carbocycles. The first-order valence-corrected chi connectivity index (χ1v) is 13.6. The van der Waals surface area contributed by atoms with Crippen molar-refractivity contribution in [2.45, 2.75) is 31.7 Å². The van der Waals surface area contributed by atoms with E-state index < -0.39 is 0 Å². The van der Waals surface area contributed by atoms with Crippen molar-refractivity contribution < 1.29 is 9.84 Å². The van der Waals surface area contributed by atoms with Gasteiger partial charge in [0.25, 0.3) is 0 Å². The number of hydrogen-bond donors (Lipinski definition) is 1. The molecular formula is C31H35N5O2. The fourth-order valence-corrected chi connectivity index (χ4v) is 5.87. The lowest BCUT2D eigenvalue weighted by Crippen LogP contribution is -2.37. The second kappa shape index (κ2) is 11.0. The molecule has 196 valence electrons. The fraction of sp³-hybridized carbons (Fsp3) is 0.355. The molecule has 4 aromatic rings. The van der Waals surface area contributed by atoms with Crippen LogP contribution in [0.4, 0.5) is 5.69 Å². The number of aromatic nitrogens is 3. The van der Waals surface area contributed by atoms with E-state index in [4.69, 9.17) is 14.8 Å². The van der Waals surface area contributed by atoms with Crippen LogP contribution < -0.4 is 4.90 Å². The molecule has 0 saturated carbocycles. The maximum Gasteiger partial charge on any atom is 0.148 e. The van der Waals surface area contributed by atoms with E-state index in [0.717, 1.165) is 75.1 Å². The number of anilines is 1. The molecule has 0 spiro atoms. The van der Waals surface area contributed by atoms with Crippen molar-refractivity contribution in [1.29, 1.82) is 0 Å². The third-order valence-corrected chi connectivity index (χ3v) is 7.82. The Kier molecular flexibility index (Phi) is 7.12. The fourth-order valence-electron chi connectivity index (χ4n) is 5.87. The van der Waals surface area contributed by atoms with Gasteiger partial charge in [-0.2, -0.15) is 5.10 Å². The standard InChI is InChI=1S/C31H35N5O2/c1-23-32-31(36(33-23)27-7-3-2-4-8-27)25-15-17-35(18-16-25)30(28-9-5-6-10-29(28)37)24-11-13-26(14-12-24)34-19-21-38-22-20-34/h2-14,25,30,37H,15-22H2,1H3. The summed E-state index contributed by atoms with van der Waals surface area (Å²) in [7, 11) is 0. The third-order valence-electron chi connectivity index (χ3n) is 7.82. The highest BCUT2D eigenvalue weighted by molar-refractivity contribution is 5.50. The third kappa shape index (κ3) is 5.04. The zero-order valence-corrected chi connectivity index (χ0v) is 21.9. The zero-order valence-electron chi connectivity index (χ0n) is 21.9. The summed E-state index contributed by atoms with van der Waals surface area (Å²) in [6, 6.07) is 26.9. The maximum absolute atomic E-state index is 10.9. The van der Waals surface area contributed by atoms with E-state index in [-0.39, 0.29) is 6.04 Å². The molecule has 0 amide bonds. The lowest BCUT2D eigenvalue weighted by molar-refractivity contribution is 0.122. The second-order valence-electron chi connectivity index (χ2n) is 10.2. The van der Waals surface area contributed by atoms with E-state index in [1.54, 1.807) is 6.07 Å². The summed E-state index contributed by atoms with van der Waals surface area (Å²) in [4.78, 5) is 9.72. The number of phenolic OH excluding ortho intramolecular Hbond substituents is 1. The van der Waals surface area contributed by atoms with Gasteiger partial charge < -0.3 is 14.7 Å². The van der Waals surface area contributed by atoms with Gasteiger partial charge in [0, 0.05) is 30.3 Å². The number of likely N-dealkylation sites (tertiary alicyclic amines) is 1. The SMILES string of the molecule is Cc1nc(C2CCN(C(c3ccc(N4CCOCC4)cc3)c3ccccc3O)CC2)n(-c2ccccc2)n1. The second-order valence-corrected chi connectivity index (χ2v) is 10.2. The van der Waals surface area contributed by atoms with Crippen molar-refractivity contribution in [1.82, 2.24) is 19.7 Å². The maximum atomic E-state index is 10.9. The van der Waals surface area contributed by atoms with Crippen LogP contribution in [0.25, 0.3) is 5.69 Å². The Bertz CT molecular complexity index is 1340. The van der Waals surface area contributed by atoms with Crippen molar-refractivity contribution in [3.8, 4) is 11.4 Å². The van der Waals surface area contributed by atoms with E-state index >= 15 is 0 Å². The van der Waals surface area contributed by atoms with Crippen molar-refractivity contribution in [3.63, 3.8) is 0 Å². The van der Waals surface area contributed by atoms with Crippen LogP contribution in [0.5, 0.6) is 5.75 Å². The Balaban J connectivity index is 1.25. The van der Waals surface area contributed by atoms with Crippen molar-refractivity contribution in [3.05, 3.63) is 102 Å². The number of piperidine rings is 1. The largest absolute Gasteiger partial charge is 0.508 e. The smallest absolute Gasteiger partial charge is 0.148 e. The molecule has 38 heavy (non-hydrogen) atoms. The molecule has 2 saturated heterocycles. The molecule has 7 nitrogen and oxygen atoms in total. The highest BCUT2D eigenvalue weighted by Gasteiger charge is 2.31. The monoisotopic (exact) mass is 509 g/mol. The van der Waals surface area contributed by atoms with Crippen LogP contribution in [-0.4, -0.2) is 64.2 Å². The average molecular weight is 510 g/mol. The Hall–Kier alpha value is -3.68. The van der Waals surface area contributed by atoms with Gasteiger partial charge in [-0.1, -0.05) is 48.5 Å². The molecule has 3 heterocycles. The van der Waals surface area contributed by atoms with Gasteiger partial charge in [-0.15, -0.1) is 0 Å². The number of hydrogen-bond acceptors (Lipinski definition) is 6. The van der Waals surface area contributed by atoms with E-state index in [1.807, 2.05) is 41.9 Å². The predicted molar refractivity (Wildman–Crippen MR) is 149 cm³/mol. The summed E-state index contributed by atoms with van der Waals surface area (Å²) < 4.78 is 7.54. The van der Waals surface area contributed by atoms with E-state index in [1.165, 1.54) is 11.3 Å². The van der Waals surface area contributed by atoms with Gasteiger partial charge in [-0.25, -0.2) is 9.67 Å². The summed E-state index contributed by atoms with van der Waals surface area (Å²) >= 11 is 0. The number of benzene rings is 3. The Morgan fingerprint density at radius 1 is 0.816 bits per heavy atom. The van der Waals surface area contributed by atoms with E-state index in [2.05, 4.69) is 52.3 Å². The molecule has 1 aromatic heterocycles. The normalized spacial score (nSPS) is 18.0. The molecular weight excluding hydrogens is 474 g/mol. The molecule has 3 aromatic carbocycles. The molecule has 2 fully saturated rings. The number of aryl methyl sites for hydroxylation is 1. The molecule has 6 rings (SSSR count). The number of phenols is 1. The van der Waals surface area contributed by atoms with Crippen molar-refractivity contribution in [2.24, 2.45) is 0 Å². The minimum atomic E-state index is -0.00961. The molecule has 2 aliphatic heterocycles. The highest BCUT2D eigenvalue weighted by atomic mass is 16.5. The summed E-state index contributed by atoms with van der Waals surface area (Å²) in [6.07, 6.45) is 1.97. The average Bonchev–Trinajstić information content (AvgIpc) is 3.37. The Morgan fingerprint density at radius 2 is 1.50 bits per heavy atom. The van der Waals surface area contributed by atoms with Crippen molar-refractivity contribution in [2.75, 3.05) is 44.3 Å². The Labute approximate surface area is 224 Å². The van der Waals surface area contributed by atoms with Crippen LogP contribution in [0, 0.1) is 6.92 Å². The summed E-state index contributed by atoms with van der Waals surface area (Å²) in [5.74, 6) is 2.53. The summed E-state index contributed by atoms with van der Waals surface area (Å²) in [5.41, 5.74) is 4.43. The van der Waals surface area contributed by atoms with Crippen LogP contribution in [0.2, 0.25) is 0 Å². The predicted octanol–water partition coefficient (Wildman–Crippen LogP) is 5.09. The Morgan fingerprint density at radius 3 is 2.21 bits per heavy atom. The molecule has 0 bridgehead atoms. The molecule has 7 heteroatoms. The topological polar surface area (TPSA) is 66.7 Å². The first-order chi connectivity index (χ1) is 18.7. The van der Waals surface area contributed by atoms with Gasteiger partial charge >= 0.3 is 0 Å². The molecule has 1 unspecified atom stereocenters. The molecule has 1 N–H and O–H groups in total. The first-order valence-electron chi connectivity index (χ1n) is 13.6. The van der Waals surface area contributed by atoms with E-state index in [9.17, 15) is 5.11 Å². The van der Waals surface area contributed by atoms with Gasteiger partial charge in [-0.05, 0) is 68.8 Å². The molecule has 1 atom stereocenters. The first kappa shape index (κ1) is 24.6. The number of nitrogens with zero attached hydrogens (tertiary/aromatic N) is 5. The lowest BCUT2D eigenvalue weighted by atomic mass is 9.90. The van der Waals surface area contributed by atoms with Crippen LogP contribution in [0.3, 0.4) is 0 Å². The van der Waals surface area contributed by atoms with Crippen LogP contribution in [0.15, 0.2) is 78.9 Å². The number of morpholine rings is 1. The number of ether oxygens (including phenoxy) is 1. The lowest BCUT2D eigenvalue weighted by Gasteiger charge is -2.38. The number of rotatable bonds is 6. The molecule has 2 aliphatic rings.